The molecule has 17 heavy (non-hydrogen) atoms. The second kappa shape index (κ2) is 13.2. The first kappa shape index (κ1) is 16.2. The molecule has 0 unspecified atom stereocenters. The average molecular weight is 242 g/mol. The van der Waals surface area contributed by atoms with Gasteiger partial charge in [0.15, 0.2) is 0 Å². The zero-order valence-corrected chi connectivity index (χ0v) is 10.7. The molecule has 0 bridgehead atoms. The number of rotatable bonds is 12. The van der Waals surface area contributed by atoms with Crippen LogP contribution < -0.4 is 0 Å². The summed E-state index contributed by atoms with van der Waals surface area (Å²) in [5.74, 6) is -0.681. The monoisotopic (exact) mass is 242 g/mol. The van der Waals surface area contributed by atoms with E-state index in [0.717, 1.165) is 32.1 Å². The molecule has 0 amide bonds. The summed E-state index contributed by atoms with van der Waals surface area (Å²) < 4.78 is 0. The van der Waals surface area contributed by atoms with Gasteiger partial charge in [0.25, 0.3) is 0 Å². The summed E-state index contributed by atoms with van der Waals surface area (Å²) in [5, 5.41) is 17.0. The summed E-state index contributed by atoms with van der Waals surface area (Å²) >= 11 is 0. The highest BCUT2D eigenvalue weighted by Crippen LogP contribution is 2.09. The van der Waals surface area contributed by atoms with Gasteiger partial charge in [0.05, 0.1) is 0 Å². The van der Waals surface area contributed by atoms with Crippen LogP contribution in [0, 0.1) is 0 Å². The van der Waals surface area contributed by atoms with Crippen molar-refractivity contribution in [1.29, 1.82) is 0 Å². The highest BCUT2D eigenvalue weighted by Gasteiger charge is 1.96. The van der Waals surface area contributed by atoms with Gasteiger partial charge in [-0.15, -0.1) is 0 Å². The van der Waals surface area contributed by atoms with Gasteiger partial charge < -0.3 is 10.2 Å². The average Bonchev–Trinajstić information content (AvgIpc) is 2.30. The molecule has 0 fully saturated rings. The third-order valence-electron chi connectivity index (χ3n) is 2.72. The lowest BCUT2D eigenvalue weighted by atomic mass is 10.1. The van der Waals surface area contributed by atoms with Gasteiger partial charge in [0, 0.05) is 13.0 Å². The number of aliphatic carboxylic acids is 1. The Hall–Kier alpha value is -0.830. The number of hydrogen-bond acceptors (Lipinski definition) is 2. The molecule has 0 saturated heterocycles. The van der Waals surface area contributed by atoms with E-state index >= 15 is 0 Å². The van der Waals surface area contributed by atoms with Gasteiger partial charge in [-0.25, -0.2) is 0 Å². The Labute approximate surface area is 105 Å². The first-order valence-electron chi connectivity index (χ1n) is 6.75. The van der Waals surface area contributed by atoms with Crippen LogP contribution in [0.1, 0.15) is 64.2 Å². The molecule has 3 heteroatoms. The van der Waals surface area contributed by atoms with E-state index in [9.17, 15) is 4.79 Å². The molecule has 0 heterocycles. The summed E-state index contributed by atoms with van der Waals surface area (Å²) in [7, 11) is 0. The predicted octanol–water partition coefficient (Wildman–Crippen LogP) is 3.52. The molecular formula is C14H26O3. The van der Waals surface area contributed by atoms with Crippen molar-refractivity contribution in [2.45, 2.75) is 64.2 Å². The maximum Gasteiger partial charge on any atom is 0.303 e. The third kappa shape index (κ3) is 15.2. The number of carboxylic acids is 1. The van der Waals surface area contributed by atoms with Gasteiger partial charge >= 0.3 is 5.97 Å². The van der Waals surface area contributed by atoms with Crippen molar-refractivity contribution < 1.29 is 15.0 Å². The second-order valence-corrected chi connectivity index (χ2v) is 4.39. The van der Waals surface area contributed by atoms with Crippen LogP contribution in [0.5, 0.6) is 0 Å². The van der Waals surface area contributed by atoms with Crippen LogP contribution in [0.25, 0.3) is 0 Å². The number of aliphatic hydroxyl groups excluding tert-OH is 1. The summed E-state index contributed by atoms with van der Waals surface area (Å²) in [4.78, 5) is 10.3. The lowest BCUT2D eigenvalue weighted by Crippen LogP contribution is -1.93. The van der Waals surface area contributed by atoms with Crippen molar-refractivity contribution in [3.8, 4) is 0 Å². The van der Waals surface area contributed by atoms with Crippen LogP contribution in [0.3, 0.4) is 0 Å². The van der Waals surface area contributed by atoms with Crippen LogP contribution in [0.15, 0.2) is 12.2 Å². The quantitative estimate of drug-likeness (QED) is 0.406. The summed E-state index contributed by atoms with van der Waals surface area (Å²) in [6.45, 7) is 0.243. The van der Waals surface area contributed by atoms with Crippen molar-refractivity contribution >= 4 is 5.97 Å². The third-order valence-corrected chi connectivity index (χ3v) is 2.72. The van der Waals surface area contributed by atoms with Gasteiger partial charge in [-0.3, -0.25) is 4.79 Å². The first-order chi connectivity index (χ1) is 8.27. The predicted molar refractivity (Wildman–Crippen MR) is 70.0 cm³/mol. The smallest absolute Gasteiger partial charge is 0.303 e. The number of carbonyl (C=O) groups is 1. The SMILES string of the molecule is O=C(O)CCCCCCCCCC=CCCO. The zero-order chi connectivity index (χ0) is 12.8. The van der Waals surface area contributed by atoms with Crippen LogP contribution in [0.4, 0.5) is 0 Å². The Morgan fingerprint density at radius 2 is 1.35 bits per heavy atom. The van der Waals surface area contributed by atoms with Crippen molar-refractivity contribution in [1.82, 2.24) is 0 Å². The Morgan fingerprint density at radius 3 is 1.94 bits per heavy atom. The van der Waals surface area contributed by atoms with Gasteiger partial charge in [0.2, 0.25) is 0 Å². The zero-order valence-electron chi connectivity index (χ0n) is 10.7. The fourth-order valence-electron chi connectivity index (χ4n) is 1.73. The Balaban J connectivity index is 3.01. The molecule has 0 aromatic heterocycles. The Morgan fingerprint density at radius 1 is 0.824 bits per heavy atom. The highest BCUT2D eigenvalue weighted by atomic mass is 16.4. The number of carboxylic acid groups (broad SMARTS) is 1. The molecule has 0 atom stereocenters. The minimum absolute atomic E-state index is 0.243. The maximum absolute atomic E-state index is 10.3. The van der Waals surface area contributed by atoms with Crippen LogP contribution >= 0.6 is 0 Å². The van der Waals surface area contributed by atoms with Crippen LogP contribution in [-0.2, 0) is 4.79 Å². The lowest BCUT2D eigenvalue weighted by Gasteiger charge is -2.00. The van der Waals surface area contributed by atoms with E-state index in [4.69, 9.17) is 10.2 Å². The summed E-state index contributed by atoms with van der Waals surface area (Å²) in [6.07, 6.45) is 14.3. The van der Waals surface area contributed by atoms with E-state index < -0.39 is 5.97 Å². The molecular weight excluding hydrogens is 216 g/mol. The Bertz CT molecular complexity index is 200. The van der Waals surface area contributed by atoms with Crippen molar-refractivity contribution in [3.05, 3.63) is 12.2 Å². The van der Waals surface area contributed by atoms with Crippen molar-refractivity contribution in [2.24, 2.45) is 0 Å². The van der Waals surface area contributed by atoms with E-state index in [0.29, 0.717) is 6.42 Å². The molecule has 0 saturated carbocycles. The van der Waals surface area contributed by atoms with Gasteiger partial charge in [0.1, 0.15) is 0 Å². The molecule has 0 radical (unpaired) electrons. The minimum Gasteiger partial charge on any atom is -0.481 e. The van der Waals surface area contributed by atoms with Crippen molar-refractivity contribution in [2.75, 3.05) is 6.61 Å². The largest absolute Gasteiger partial charge is 0.481 e. The molecule has 100 valence electrons. The molecule has 2 N–H and O–H groups in total. The van der Waals surface area contributed by atoms with Crippen molar-refractivity contribution in [3.63, 3.8) is 0 Å². The standard InChI is InChI=1S/C14H26O3/c15-13-11-9-7-5-3-1-2-4-6-8-10-12-14(16)17/h7,9,15H,1-6,8,10-13H2,(H,16,17). The van der Waals surface area contributed by atoms with Gasteiger partial charge in [-0.2, -0.15) is 0 Å². The summed E-state index contributed by atoms with van der Waals surface area (Å²) in [5.41, 5.74) is 0. The number of aliphatic hydroxyl groups is 1. The highest BCUT2D eigenvalue weighted by molar-refractivity contribution is 5.66. The topological polar surface area (TPSA) is 57.5 Å². The fourth-order valence-corrected chi connectivity index (χ4v) is 1.73. The molecule has 0 aromatic rings. The van der Waals surface area contributed by atoms with E-state index in [1.807, 2.05) is 6.08 Å². The Kier molecular flexibility index (Phi) is 12.6. The molecule has 3 nitrogen and oxygen atoms in total. The van der Waals surface area contributed by atoms with Crippen LogP contribution in [-0.4, -0.2) is 22.8 Å². The first-order valence-corrected chi connectivity index (χ1v) is 6.75. The van der Waals surface area contributed by atoms with Crippen LogP contribution in [0.2, 0.25) is 0 Å². The molecule has 0 aliphatic carbocycles. The van der Waals surface area contributed by atoms with E-state index in [2.05, 4.69) is 6.08 Å². The van der Waals surface area contributed by atoms with Gasteiger partial charge in [-0.1, -0.05) is 44.3 Å². The molecule has 0 rings (SSSR count). The number of allylic oxidation sites excluding steroid dienone is 1. The fraction of sp³-hybridized carbons (Fsp3) is 0.786. The molecule has 0 aromatic carbocycles. The van der Waals surface area contributed by atoms with E-state index in [1.54, 1.807) is 0 Å². The lowest BCUT2D eigenvalue weighted by molar-refractivity contribution is -0.137. The molecule has 0 aliphatic rings. The summed E-state index contributed by atoms with van der Waals surface area (Å²) in [6, 6.07) is 0. The second-order valence-electron chi connectivity index (χ2n) is 4.39. The normalized spacial score (nSPS) is 11.1. The molecule has 0 spiro atoms. The maximum atomic E-state index is 10.3. The van der Waals surface area contributed by atoms with E-state index in [-0.39, 0.29) is 6.61 Å². The molecule has 0 aliphatic heterocycles. The number of hydrogen-bond donors (Lipinski definition) is 2. The minimum atomic E-state index is -0.681. The number of unbranched alkanes of at least 4 members (excludes halogenated alkanes) is 7. The van der Waals surface area contributed by atoms with E-state index in [1.165, 1.54) is 25.7 Å². The van der Waals surface area contributed by atoms with Gasteiger partial charge in [-0.05, 0) is 25.7 Å².